The average Bonchev–Trinajstić information content (AvgIpc) is 2.28. The Morgan fingerprint density at radius 2 is 2.38 bits per heavy atom. The van der Waals surface area contributed by atoms with Gasteiger partial charge in [0.05, 0.1) is 12.7 Å². The number of carbonyl (C=O) groups is 1. The molecule has 16 heavy (non-hydrogen) atoms. The standard InChI is InChI=1S/C12H12N2O2/c1-16-11-6-5-9(7-10(11)8-13)3-2-4-12(14)15/h2-3,5-7H,4H2,1H3,(H2,14,15). The quantitative estimate of drug-likeness (QED) is 0.827. The molecule has 4 nitrogen and oxygen atoms in total. The second-order valence-corrected chi connectivity index (χ2v) is 3.14. The maximum atomic E-state index is 10.5. The van der Waals surface area contributed by atoms with Gasteiger partial charge in [-0.3, -0.25) is 4.79 Å². The molecule has 1 amide bonds. The Bertz CT molecular complexity index is 459. The van der Waals surface area contributed by atoms with E-state index in [0.29, 0.717) is 11.3 Å². The summed E-state index contributed by atoms with van der Waals surface area (Å²) in [5.41, 5.74) is 6.29. The van der Waals surface area contributed by atoms with Crippen LogP contribution < -0.4 is 10.5 Å². The Kier molecular flexibility index (Phi) is 4.10. The second-order valence-electron chi connectivity index (χ2n) is 3.14. The third-order valence-electron chi connectivity index (χ3n) is 1.97. The first kappa shape index (κ1) is 11.8. The molecule has 1 aromatic carbocycles. The first-order valence-corrected chi connectivity index (χ1v) is 4.70. The number of hydrogen-bond acceptors (Lipinski definition) is 3. The normalized spacial score (nSPS) is 10.0. The smallest absolute Gasteiger partial charge is 0.221 e. The zero-order chi connectivity index (χ0) is 12.0. The van der Waals surface area contributed by atoms with Gasteiger partial charge in [-0.05, 0) is 17.7 Å². The van der Waals surface area contributed by atoms with Crippen molar-refractivity contribution in [3.63, 3.8) is 0 Å². The summed E-state index contributed by atoms with van der Waals surface area (Å²) in [6.07, 6.45) is 3.59. The van der Waals surface area contributed by atoms with E-state index in [4.69, 9.17) is 15.7 Å². The van der Waals surface area contributed by atoms with Crippen LogP contribution in [0.4, 0.5) is 0 Å². The van der Waals surface area contributed by atoms with Crippen molar-refractivity contribution >= 4 is 12.0 Å². The van der Waals surface area contributed by atoms with Gasteiger partial charge in [0, 0.05) is 6.42 Å². The molecule has 0 spiro atoms. The van der Waals surface area contributed by atoms with Crippen LogP contribution in [0.25, 0.3) is 6.08 Å². The number of methoxy groups -OCH3 is 1. The van der Waals surface area contributed by atoms with Gasteiger partial charge in [0.2, 0.25) is 5.91 Å². The summed E-state index contributed by atoms with van der Waals surface area (Å²) in [6.45, 7) is 0. The van der Waals surface area contributed by atoms with E-state index < -0.39 is 0 Å². The highest BCUT2D eigenvalue weighted by atomic mass is 16.5. The van der Waals surface area contributed by atoms with Crippen molar-refractivity contribution in [2.45, 2.75) is 6.42 Å². The molecule has 0 aliphatic carbocycles. The number of nitrogens with zero attached hydrogens (tertiary/aromatic N) is 1. The number of nitriles is 1. The van der Waals surface area contributed by atoms with E-state index in [9.17, 15) is 4.79 Å². The van der Waals surface area contributed by atoms with Gasteiger partial charge in [0.25, 0.3) is 0 Å². The number of ether oxygens (including phenoxy) is 1. The Morgan fingerprint density at radius 1 is 1.62 bits per heavy atom. The lowest BCUT2D eigenvalue weighted by Crippen LogP contribution is -2.07. The van der Waals surface area contributed by atoms with Crippen molar-refractivity contribution in [3.8, 4) is 11.8 Å². The lowest BCUT2D eigenvalue weighted by Gasteiger charge is -2.02. The number of amides is 1. The lowest BCUT2D eigenvalue weighted by molar-refractivity contribution is -0.117. The number of carbonyl (C=O) groups excluding carboxylic acids is 1. The fraction of sp³-hybridized carbons (Fsp3) is 0.167. The van der Waals surface area contributed by atoms with Crippen molar-refractivity contribution in [3.05, 3.63) is 35.4 Å². The van der Waals surface area contributed by atoms with E-state index in [0.717, 1.165) is 5.56 Å². The summed E-state index contributed by atoms with van der Waals surface area (Å²) in [5, 5.41) is 8.86. The summed E-state index contributed by atoms with van der Waals surface area (Å²) in [4.78, 5) is 10.5. The van der Waals surface area contributed by atoms with Gasteiger partial charge in [-0.1, -0.05) is 18.2 Å². The minimum atomic E-state index is -0.384. The van der Waals surface area contributed by atoms with E-state index >= 15 is 0 Å². The van der Waals surface area contributed by atoms with Crippen LogP contribution in [-0.2, 0) is 4.79 Å². The summed E-state index contributed by atoms with van der Waals surface area (Å²) in [7, 11) is 1.51. The maximum absolute atomic E-state index is 10.5. The van der Waals surface area contributed by atoms with Gasteiger partial charge in [-0.25, -0.2) is 0 Å². The first-order chi connectivity index (χ1) is 7.67. The molecule has 2 N–H and O–H groups in total. The van der Waals surface area contributed by atoms with Crippen molar-refractivity contribution < 1.29 is 9.53 Å². The monoisotopic (exact) mass is 216 g/mol. The number of rotatable bonds is 4. The molecular weight excluding hydrogens is 204 g/mol. The topological polar surface area (TPSA) is 76.1 Å². The molecule has 1 aromatic rings. The Hall–Kier alpha value is -2.28. The van der Waals surface area contributed by atoms with Crippen LogP contribution >= 0.6 is 0 Å². The number of hydrogen-bond donors (Lipinski definition) is 1. The van der Waals surface area contributed by atoms with Crippen LogP contribution in [0.2, 0.25) is 0 Å². The molecule has 82 valence electrons. The van der Waals surface area contributed by atoms with Crippen molar-refractivity contribution in [1.82, 2.24) is 0 Å². The molecule has 0 radical (unpaired) electrons. The zero-order valence-corrected chi connectivity index (χ0v) is 8.93. The maximum Gasteiger partial charge on any atom is 0.221 e. The molecule has 0 aliphatic heterocycles. The molecule has 0 saturated heterocycles. The van der Waals surface area contributed by atoms with Gasteiger partial charge < -0.3 is 10.5 Å². The summed E-state index contributed by atoms with van der Waals surface area (Å²) < 4.78 is 5.01. The summed E-state index contributed by atoms with van der Waals surface area (Å²) in [6, 6.07) is 7.24. The predicted molar refractivity (Wildman–Crippen MR) is 60.6 cm³/mol. The molecule has 0 bridgehead atoms. The predicted octanol–water partition coefficient (Wildman–Crippen LogP) is 1.46. The van der Waals surface area contributed by atoms with E-state index in [1.54, 1.807) is 30.4 Å². The van der Waals surface area contributed by atoms with Crippen molar-refractivity contribution in [1.29, 1.82) is 5.26 Å². The van der Waals surface area contributed by atoms with Crippen LogP contribution in [-0.4, -0.2) is 13.0 Å². The van der Waals surface area contributed by atoms with Gasteiger partial charge in [-0.15, -0.1) is 0 Å². The average molecular weight is 216 g/mol. The highest BCUT2D eigenvalue weighted by Gasteiger charge is 2.01. The Labute approximate surface area is 93.9 Å². The van der Waals surface area contributed by atoms with Gasteiger partial charge in [-0.2, -0.15) is 5.26 Å². The van der Waals surface area contributed by atoms with Crippen LogP contribution in [0.3, 0.4) is 0 Å². The fourth-order valence-corrected chi connectivity index (χ4v) is 1.23. The van der Waals surface area contributed by atoms with Crippen LogP contribution in [0.1, 0.15) is 17.5 Å². The molecule has 0 fully saturated rings. The van der Waals surface area contributed by atoms with Crippen molar-refractivity contribution in [2.75, 3.05) is 7.11 Å². The number of nitrogens with two attached hydrogens (primary N) is 1. The van der Waals surface area contributed by atoms with Crippen molar-refractivity contribution in [2.24, 2.45) is 5.73 Å². The van der Waals surface area contributed by atoms with E-state index in [-0.39, 0.29) is 12.3 Å². The minimum absolute atomic E-state index is 0.188. The van der Waals surface area contributed by atoms with Crippen LogP contribution in [0, 0.1) is 11.3 Å². The van der Waals surface area contributed by atoms with Gasteiger partial charge in [0.1, 0.15) is 11.8 Å². The molecule has 1 rings (SSSR count). The van der Waals surface area contributed by atoms with E-state index in [2.05, 4.69) is 0 Å². The molecule has 0 saturated carbocycles. The summed E-state index contributed by atoms with van der Waals surface area (Å²) in [5.74, 6) is 0.153. The van der Waals surface area contributed by atoms with Crippen LogP contribution in [0.5, 0.6) is 5.75 Å². The zero-order valence-electron chi connectivity index (χ0n) is 8.93. The SMILES string of the molecule is COc1ccc(C=CCC(N)=O)cc1C#N. The largest absolute Gasteiger partial charge is 0.495 e. The van der Waals surface area contributed by atoms with E-state index in [1.165, 1.54) is 7.11 Å². The van der Waals surface area contributed by atoms with E-state index in [1.807, 2.05) is 6.07 Å². The Morgan fingerprint density at radius 3 is 2.94 bits per heavy atom. The fourth-order valence-electron chi connectivity index (χ4n) is 1.23. The highest BCUT2D eigenvalue weighted by Crippen LogP contribution is 2.19. The molecule has 4 heteroatoms. The second kappa shape index (κ2) is 5.56. The van der Waals surface area contributed by atoms with Gasteiger partial charge in [0.15, 0.2) is 0 Å². The molecule has 0 heterocycles. The first-order valence-electron chi connectivity index (χ1n) is 4.70. The number of primary amides is 1. The summed E-state index contributed by atoms with van der Waals surface area (Å²) >= 11 is 0. The Balaban J connectivity index is 2.88. The van der Waals surface area contributed by atoms with Crippen LogP contribution in [0.15, 0.2) is 24.3 Å². The number of benzene rings is 1. The molecule has 0 unspecified atom stereocenters. The minimum Gasteiger partial charge on any atom is -0.495 e. The molecule has 0 aliphatic rings. The third-order valence-corrected chi connectivity index (χ3v) is 1.97. The molecular formula is C12H12N2O2. The molecule has 0 aromatic heterocycles. The highest BCUT2D eigenvalue weighted by molar-refractivity contribution is 5.76. The molecule has 0 atom stereocenters. The third kappa shape index (κ3) is 3.14. The van der Waals surface area contributed by atoms with Gasteiger partial charge >= 0.3 is 0 Å². The lowest BCUT2D eigenvalue weighted by atomic mass is 10.1.